The van der Waals surface area contributed by atoms with Gasteiger partial charge in [0.05, 0.1) is 7.11 Å². The number of nitrogens with two attached hydrogens (primary N) is 1. The zero-order valence-corrected chi connectivity index (χ0v) is 12.8. The second-order valence-corrected chi connectivity index (χ2v) is 5.03. The van der Waals surface area contributed by atoms with Crippen LogP contribution in [-0.2, 0) is 11.3 Å². The van der Waals surface area contributed by atoms with E-state index >= 15 is 0 Å². The molecule has 0 fully saturated rings. The first kappa shape index (κ1) is 16.5. The number of nitrogens with zero attached hydrogens (tertiary/aromatic N) is 1. The van der Waals surface area contributed by atoms with Crippen LogP contribution in [0.15, 0.2) is 24.3 Å². The number of methoxy groups -OCH3 is 1. The number of rotatable bonds is 8. The van der Waals surface area contributed by atoms with Crippen molar-refractivity contribution in [3.63, 3.8) is 0 Å². The summed E-state index contributed by atoms with van der Waals surface area (Å²) in [7, 11) is 1.65. The van der Waals surface area contributed by atoms with Crippen molar-refractivity contribution in [3.8, 4) is 5.75 Å². The van der Waals surface area contributed by atoms with Crippen molar-refractivity contribution >= 4 is 5.91 Å². The molecule has 0 aliphatic rings. The lowest BCUT2D eigenvalue weighted by Gasteiger charge is -2.24. The molecule has 0 bridgehead atoms. The van der Waals surface area contributed by atoms with Crippen LogP contribution in [0.1, 0.15) is 32.3 Å². The fourth-order valence-corrected chi connectivity index (χ4v) is 2.16. The average molecular weight is 278 g/mol. The molecule has 1 amide bonds. The minimum atomic E-state index is 0.0387. The molecule has 4 nitrogen and oxygen atoms in total. The van der Waals surface area contributed by atoms with Gasteiger partial charge in [0.1, 0.15) is 5.75 Å². The van der Waals surface area contributed by atoms with Gasteiger partial charge in [-0.1, -0.05) is 19.1 Å². The van der Waals surface area contributed by atoms with E-state index in [-0.39, 0.29) is 11.8 Å². The molecule has 1 aromatic carbocycles. The first-order chi connectivity index (χ1) is 9.62. The molecule has 0 aliphatic heterocycles. The summed E-state index contributed by atoms with van der Waals surface area (Å²) < 4.78 is 5.14. The molecule has 2 N–H and O–H groups in total. The summed E-state index contributed by atoms with van der Waals surface area (Å²) >= 11 is 0. The van der Waals surface area contributed by atoms with Gasteiger partial charge in [-0.15, -0.1) is 0 Å². The highest BCUT2D eigenvalue weighted by Gasteiger charge is 2.18. The van der Waals surface area contributed by atoms with Crippen molar-refractivity contribution in [1.29, 1.82) is 0 Å². The van der Waals surface area contributed by atoms with Crippen LogP contribution in [0.5, 0.6) is 5.75 Å². The zero-order valence-electron chi connectivity index (χ0n) is 12.8. The third kappa shape index (κ3) is 4.85. The van der Waals surface area contributed by atoms with Crippen molar-refractivity contribution < 1.29 is 9.53 Å². The molecule has 0 aliphatic carbocycles. The summed E-state index contributed by atoms with van der Waals surface area (Å²) in [5.41, 5.74) is 6.62. The van der Waals surface area contributed by atoms with Crippen LogP contribution >= 0.6 is 0 Å². The lowest BCUT2D eigenvalue weighted by atomic mass is 10.0. The number of carbonyl (C=O) groups excluding carboxylic acids is 1. The molecule has 1 atom stereocenters. The van der Waals surface area contributed by atoms with Crippen molar-refractivity contribution in [3.05, 3.63) is 29.8 Å². The van der Waals surface area contributed by atoms with E-state index in [9.17, 15) is 4.79 Å². The van der Waals surface area contributed by atoms with E-state index in [1.54, 1.807) is 7.11 Å². The molecule has 0 spiro atoms. The maximum Gasteiger partial charge on any atom is 0.225 e. The van der Waals surface area contributed by atoms with E-state index in [1.807, 2.05) is 43.0 Å². The fraction of sp³-hybridized carbons (Fsp3) is 0.562. The Morgan fingerprint density at radius 3 is 2.50 bits per heavy atom. The third-order valence-electron chi connectivity index (χ3n) is 3.49. The lowest BCUT2D eigenvalue weighted by Crippen LogP contribution is -2.34. The predicted octanol–water partition coefficient (Wildman–Crippen LogP) is 2.42. The second kappa shape index (κ2) is 8.59. The van der Waals surface area contributed by atoms with Gasteiger partial charge in [0.25, 0.3) is 0 Å². The van der Waals surface area contributed by atoms with Crippen LogP contribution in [0.2, 0.25) is 0 Å². The second-order valence-electron chi connectivity index (χ2n) is 5.03. The molecule has 20 heavy (non-hydrogen) atoms. The van der Waals surface area contributed by atoms with Crippen LogP contribution < -0.4 is 10.5 Å². The molecule has 4 heteroatoms. The highest BCUT2D eigenvalue weighted by Crippen LogP contribution is 2.15. The van der Waals surface area contributed by atoms with Gasteiger partial charge in [0.2, 0.25) is 5.91 Å². The van der Waals surface area contributed by atoms with E-state index in [0.29, 0.717) is 13.1 Å². The van der Waals surface area contributed by atoms with E-state index in [4.69, 9.17) is 10.5 Å². The fourth-order valence-electron chi connectivity index (χ4n) is 2.16. The van der Waals surface area contributed by atoms with Crippen LogP contribution in [0, 0.1) is 5.92 Å². The molecule has 112 valence electrons. The van der Waals surface area contributed by atoms with Crippen molar-refractivity contribution in [2.24, 2.45) is 11.7 Å². The summed E-state index contributed by atoms with van der Waals surface area (Å²) in [6.07, 6.45) is 1.75. The molecule has 1 rings (SSSR count). The SMILES string of the molecule is CCN(Cc1ccc(OC)cc1)C(=O)C(C)CCCN. The zero-order chi connectivity index (χ0) is 15.0. The van der Waals surface area contributed by atoms with Crippen molar-refractivity contribution in [1.82, 2.24) is 4.90 Å². The van der Waals surface area contributed by atoms with Crippen molar-refractivity contribution in [2.45, 2.75) is 33.2 Å². The minimum Gasteiger partial charge on any atom is -0.497 e. The Morgan fingerprint density at radius 2 is 2.00 bits per heavy atom. The average Bonchev–Trinajstić information content (AvgIpc) is 2.50. The summed E-state index contributed by atoms with van der Waals surface area (Å²) in [5.74, 6) is 1.08. The van der Waals surface area contributed by atoms with E-state index < -0.39 is 0 Å². The number of amides is 1. The molecule has 1 unspecified atom stereocenters. The lowest BCUT2D eigenvalue weighted by molar-refractivity contribution is -0.135. The van der Waals surface area contributed by atoms with Gasteiger partial charge < -0.3 is 15.4 Å². The van der Waals surface area contributed by atoms with Crippen LogP contribution in [0.4, 0.5) is 0 Å². The molecular formula is C16H26N2O2. The summed E-state index contributed by atoms with van der Waals surface area (Å²) in [4.78, 5) is 14.3. The van der Waals surface area contributed by atoms with Crippen LogP contribution in [-0.4, -0.2) is 31.0 Å². The highest BCUT2D eigenvalue weighted by atomic mass is 16.5. The summed E-state index contributed by atoms with van der Waals surface area (Å²) in [6.45, 7) is 6.00. The van der Waals surface area contributed by atoms with Crippen LogP contribution in [0.3, 0.4) is 0 Å². The molecule has 0 aromatic heterocycles. The first-order valence-corrected chi connectivity index (χ1v) is 7.24. The Morgan fingerprint density at radius 1 is 1.35 bits per heavy atom. The van der Waals surface area contributed by atoms with Gasteiger partial charge >= 0.3 is 0 Å². The first-order valence-electron chi connectivity index (χ1n) is 7.24. The number of benzene rings is 1. The smallest absolute Gasteiger partial charge is 0.225 e. The quantitative estimate of drug-likeness (QED) is 0.794. The normalized spacial score (nSPS) is 12.0. The standard InChI is InChI=1S/C16H26N2O2/c1-4-18(16(19)13(2)6-5-11-17)12-14-7-9-15(20-3)10-8-14/h7-10,13H,4-6,11-12,17H2,1-3H3. The predicted molar refractivity (Wildman–Crippen MR) is 81.5 cm³/mol. The highest BCUT2D eigenvalue weighted by molar-refractivity contribution is 5.78. The topological polar surface area (TPSA) is 55.6 Å². The number of carbonyl (C=O) groups is 1. The Bertz CT molecular complexity index is 403. The Kier molecular flexibility index (Phi) is 7.09. The van der Waals surface area contributed by atoms with Gasteiger partial charge in [0, 0.05) is 19.0 Å². The molecule has 0 saturated carbocycles. The van der Waals surface area contributed by atoms with Gasteiger partial charge in [-0.3, -0.25) is 4.79 Å². The Hall–Kier alpha value is -1.55. The summed E-state index contributed by atoms with van der Waals surface area (Å²) in [6, 6.07) is 7.84. The van der Waals surface area contributed by atoms with Gasteiger partial charge in [-0.2, -0.15) is 0 Å². The number of ether oxygens (including phenoxy) is 1. The minimum absolute atomic E-state index is 0.0387. The third-order valence-corrected chi connectivity index (χ3v) is 3.49. The molecular weight excluding hydrogens is 252 g/mol. The van der Waals surface area contributed by atoms with E-state index in [1.165, 1.54) is 0 Å². The van der Waals surface area contributed by atoms with Gasteiger partial charge in [-0.25, -0.2) is 0 Å². The van der Waals surface area contributed by atoms with Gasteiger partial charge in [0.15, 0.2) is 0 Å². The molecule has 0 heterocycles. The van der Waals surface area contributed by atoms with E-state index in [2.05, 4.69) is 0 Å². The van der Waals surface area contributed by atoms with Gasteiger partial charge in [-0.05, 0) is 44.0 Å². The molecule has 0 saturated heterocycles. The van der Waals surface area contributed by atoms with E-state index in [0.717, 1.165) is 30.7 Å². The maximum absolute atomic E-state index is 12.4. The molecule has 1 aromatic rings. The van der Waals surface area contributed by atoms with Crippen LogP contribution in [0.25, 0.3) is 0 Å². The Balaban J connectivity index is 2.62. The summed E-state index contributed by atoms with van der Waals surface area (Å²) in [5, 5.41) is 0. The van der Waals surface area contributed by atoms with Crippen molar-refractivity contribution in [2.75, 3.05) is 20.2 Å². The maximum atomic E-state index is 12.4. The monoisotopic (exact) mass is 278 g/mol. The molecule has 0 radical (unpaired) electrons. The number of hydrogen-bond acceptors (Lipinski definition) is 3. The largest absolute Gasteiger partial charge is 0.497 e. The Labute approximate surface area is 121 Å². The number of hydrogen-bond donors (Lipinski definition) is 1.